The number of aliphatic carboxylic acids is 1. The Morgan fingerprint density at radius 3 is 2.90 bits per heavy atom. The second-order valence-electron chi connectivity index (χ2n) is 5.44. The van der Waals surface area contributed by atoms with Crippen molar-refractivity contribution in [2.24, 2.45) is 5.92 Å². The number of rotatable bonds is 5. The predicted octanol–water partition coefficient (Wildman–Crippen LogP) is 2.81. The maximum absolute atomic E-state index is 12.4. The molecule has 20 heavy (non-hydrogen) atoms. The van der Waals surface area contributed by atoms with E-state index in [4.69, 9.17) is 5.11 Å². The van der Waals surface area contributed by atoms with E-state index in [1.807, 2.05) is 13.0 Å². The summed E-state index contributed by atoms with van der Waals surface area (Å²) >= 11 is 1.58. The van der Waals surface area contributed by atoms with Gasteiger partial charge in [-0.15, -0.1) is 11.3 Å². The van der Waals surface area contributed by atoms with E-state index in [1.165, 1.54) is 16.9 Å². The zero-order valence-corrected chi connectivity index (χ0v) is 12.8. The number of thiophene rings is 1. The first-order chi connectivity index (χ1) is 9.51. The molecule has 0 radical (unpaired) electrons. The van der Waals surface area contributed by atoms with E-state index in [0.717, 1.165) is 17.7 Å². The van der Waals surface area contributed by atoms with Crippen LogP contribution in [0.3, 0.4) is 0 Å². The highest BCUT2D eigenvalue weighted by Gasteiger charge is 2.23. The summed E-state index contributed by atoms with van der Waals surface area (Å²) in [4.78, 5) is 26.8. The van der Waals surface area contributed by atoms with Crippen LogP contribution in [-0.4, -0.2) is 35.0 Å². The van der Waals surface area contributed by atoms with Gasteiger partial charge in [0.2, 0.25) is 0 Å². The highest BCUT2D eigenvalue weighted by atomic mass is 32.1. The molecule has 110 valence electrons. The van der Waals surface area contributed by atoms with Gasteiger partial charge < -0.3 is 10.0 Å². The third-order valence-corrected chi connectivity index (χ3v) is 5.03. The van der Waals surface area contributed by atoms with Gasteiger partial charge in [0, 0.05) is 18.0 Å². The molecule has 0 bridgehead atoms. The number of nitrogens with zero attached hydrogens (tertiary/aromatic N) is 1. The smallest absolute Gasteiger partial charge is 0.305 e. The molecule has 4 nitrogen and oxygen atoms in total. The van der Waals surface area contributed by atoms with E-state index in [-0.39, 0.29) is 18.9 Å². The van der Waals surface area contributed by atoms with E-state index in [2.05, 4.69) is 6.92 Å². The molecule has 0 fully saturated rings. The van der Waals surface area contributed by atoms with Crippen LogP contribution in [0.4, 0.5) is 0 Å². The van der Waals surface area contributed by atoms with Gasteiger partial charge in [0.05, 0.1) is 11.3 Å². The monoisotopic (exact) mass is 295 g/mol. The van der Waals surface area contributed by atoms with E-state index in [9.17, 15) is 9.59 Å². The predicted molar refractivity (Wildman–Crippen MR) is 79.3 cm³/mol. The molecule has 1 heterocycles. The Morgan fingerprint density at radius 2 is 2.25 bits per heavy atom. The summed E-state index contributed by atoms with van der Waals surface area (Å²) in [7, 11) is 0. The van der Waals surface area contributed by atoms with Crippen LogP contribution < -0.4 is 0 Å². The van der Waals surface area contributed by atoms with Gasteiger partial charge in [0.15, 0.2) is 0 Å². The number of carboxylic acid groups (broad SMARTS) is 1. The van der Waals surface area contributed by atoms with Crippen LogP contribution in [-0.2, 0) is 17.6 Å². The highest BCUT2D eigenvalue weighted by Crippen LogP contribution is 2.32. The van der Waals surface area contributed by atoms with Crippen molar-refractivity contribution in [3.63, 3.8) is 0 Å². The molecule has 0 aliphatic heterocycles. The van der Waals surface area contributed by atoms with Crippen LogP contribution in [0.25, 0.3) is 0 Å². The Kier molecular flexibility index (Phi) is 4.81. The number of carboxylic acids is 1. The lowest BCUT2D eigenvalue weighted by atomic mass is 9.90. The van der Waals surface area contributed by atoms with Gasteiger partial charge in [0.25, 0.3) is 5.91 Å². The van der Waals surface area contributed by atoms with Gasteiger partial charge in [-0.1, -0.05) is 6.92 Å². The SMILES string of the molecule is CCN(CCC(=O)O)C(=O)c1cc2c(s1)CCC(C)C2. The maximum Gasteiger partial charge on any atom is 0.305 e. The normalized spacial score (nSPS) is 17.6. The number of hydrogen-bond acceptors (Lipinski definition) is 3. The van der Waals surface area contributed by atoms with Crippen LogP contribution in [0, 0.1) is 5.92 Å². The zero-order valence-electron chi connectivity index (χ0n) is 12.0. The standard InChI is InChI=1S/C15H21NO3S/c1-3-16(7-6-14(17)18)15(19)13-9-11-8-10(2)4-5-12(11)20-13/h9-10H,3-8H2,1-2H3,(H,17,18). The van der Waals surface area contributed by atoms with Gasteiger partial charge in [-0.2, -0.15) is 0 Å². The lowest BCUT2D eigenvalue weighted by Gasteiger charge is -2.18. The molecular formula is C15H21NO3S. The maximum atomic E-state index is 12.4. The molecule has 0 aromatic carbocycles. The van der Waals surface area contributed by atoms with Crippen LogP contribution in [0.2, 0.25) is 0 Å². The number of aryl methyl sites for hydroxylation is 1. The first kappa shape index (κ1) is 15.0. The van der Waals surface area contributed by atoms with Gasteiger partial charge >= 0.3 is 5.97 Å². The summed E-state index contributed by atoms with van der Waals surface area (Å²) in [6.07, 6.45) is 3.31. The number of carbonyl (C=O) groups excluding carboxylic acids is 1. The summed E-state index contributed by atoms with van der Waals surface area (Å²) in [5.74, 6) is -0.203. The molecule has 1 amide bonds. The molecule has 0 spiro atoms. The minimum Gasteiger partial charge on any atom is -0.481 e. The van der Waals surface area contributed by atoms with Crippen molar-refractivity contribution in [3.8, 4) is 0 Å². The van der Waals surface area contributed by atoms with Crippen molar-refractivity contribution in [2.75, 3.05) is 13.1 Å². The molecular weight excluding hydrogens is 274 g/mol. The minimum absolute atomic E-state index is 0.00169. The third-order valence-electron chi connectivity index (χ3n) is 3.80. The van der Waals surface area contributed by atoms with Gasteiger partial charge in [0.1, 0.15) is 0 Å². The summed E-state index contributed by atoms with van der Waals surface area (Å²) < 4.78 is 0. The lowest BCUT2D eigenvalue weighted by molar-refractivity contribution is -0.137. The minimum atomic E-state index is -0.865. The van der Waals surface area contributed by atoms with E-state index in [1.54, 1.807) is 16.2 Å². The second kappa shape index (κ2) is 6.39. The lowest BCUT2D eigenvalue weighted by Crippen LogP contribution is -2.32. The second-order valence-corrected chi connectivity index (χ2v) is 6.57. The Bertz CT molecular complexity index is 509. The van der Waals surface area contributed by atoms with E-state index < -0.39 is 5.97 Å². The van der Waals surface area contributed by atoms with Crippen LogP contribution >= 0.6 is 11.3 Å². The Morgan fingerprint density at radius 1 is 1.50 bits per heavy atom. The highest BCUT2D eigenvalue weighted by molar-refractivity contribution is 7.14. The van der Waals surface area contributed by atoms with Gasteiger partial charge in [-0.3, -0.25) is 9.59 Å². The van der Waals surface area contributed by atoms with Crippen molar-refractivity contribution < 1.29 is 14.7 Å². The third kappa shape index (κ3) is 3.39. The molecule has 1 atom stereocenters. The summed E-state index contributed by atoms with van der Waals surface area (Å²) in [6.45, 7) is 4.96. The molecule has 2 rings (SSSR count). The van der Waals surface area contributed by atoms with Crippen molar-refractivity contribution in [1.82, 2.24) is 4.90 Å². The Labute approximate surface area is 123 Å². The van der Waals surface area contributed by atoms with Crippen LogP contribution in [0.5, 0.6) is 0 Å². The number of carbonyl (C=O) groups is 2. The van der Waals surface area contributed by atoms with Crippen molar-refractivity contribution >= 4 is 23.2 Å². The summed E-state index contributed by atoms with van der Waals surface area (Å²) in [5, 5.41) is 8.74. The molecule has 1 aliphatic carbocycles. The molecule has 5 heteroatoms. The number of hydrogen-bond donors (Lipinski definition) is 1. The average molecular weight is 295 g/mol. The molecule has 0 saturated heterocycles. The number of fused-ring (bicyclic) bond motifs is 1. The summed E-state index contributed by atoms with van der Waals surface area (Å²) in [5.41, 5.74) is 1.31. The molecule has 1 aromatic rings. The largest absolute Gasteiger partial charge is 0.481 e. The van der Waals surface area contributed by atoms with E-state index >= 15 is 0 Å². The summed E-state index contributed by atoms with van der Waals surface area (Å²) in [6, 6.07) is 2.02. The fourth-order valence-electron chi connectivity index (χ4n) is 2.60. The fraction of sp³-hybridized carbons (Fsp3) is 0.600. The molecule has 1 aromatic heterocycles. The Balaban J connectivity index is 2.10. The first-order valence-electron chi connectivity index (χ1n) is 7.14. The van der Waals surface area contributed by atoms with Crippen LogP contribution in [0.1, 0.15) is 46.8 Å². The molecule has 0 saturated carbocycles. The van der Waals surface area contributed by atoms with Gasteiger partial charge in [-0.05, 0) is 43.7 Å². The number of amides is 1. The van der Waals surface area contributed by atoms with Crippen LogP contribution in [0.15, 0.2) is 6.07 Å². The van der Waals surface area contributed by atoms with Crippen molar-refractivity contribution in [2.45, 2.75) is 39.5 Å². The Hall–Kier alpha value is -1.36. The zero-order chi connectivity index (χ0) is 14.7. The molecule has 1 N–H and O–H groups in total. The fourth-order valence-corrected chi connectivity index (χ4v) is 3.78. The van der Waals surface area contributed by atoms with E-state index in [0.29, 0.717) is 12.5 Å². The molecule has 1 aliphatic rings. The topological polar surface area (TPSA) is 57.6 Å². The average Bonchev–Trinajstić information content (AvgIpc) is 2.81. The first-order valence-corrected chi connectivity index (χ1v) is 7.95. The molecule has 1 unspecified atom stereocenters. The van der Waals surface area contributed by atoms with Gasteiger partial charge in [-0.25, -0.2) is 0 Å². The van der Waals surface area contributed by atoms with Crippen molar-refractivity contribution in [3.05, 3.63) is 21.4 Å². The van der Waals surface area contributed by atoms with Crippen molar-refractivity contribution in [1.29, 1.82) is 0 Å². The quantitative estimate of drug-likeness (QED) is 0.908.